The number of para-hydroxylation sites is 1. The summed E-state index contributed by atoms with van der Waals surface area (Å²) in [6.45, 7) is 3.88. The lowest BCUT2D eigenvalue weighted by Gasteiger charge is -2.14. The maximum absolute atomic E-state index is 5.91. The Bertz CT molecular complexity index is 566. The van der Waals surface area contributed by atoms with Crippen molar-refractivity contribution >= 4 is 16.7 Å². The highest BCUT2D eigenvalue weighted by atomic mass is 16.5. The molecule has 0 amide bonds. The maximum Gasteiger partial charge on any atom is 0.318 e. The molecule has 0 saturated carbocycles. The molecule has 1 aromatic heterocycles. The Labute approximate surface area is 112 Å². The highest BCUT2D eigenvalue weighted by Gasteiger charge is 2.11. The Hall–Kier alpha value is -1.88. The lowest BCUT2D eigenvalue weighted by molar-refractivity contribution is 0.226. The standard InChI is InChI=1S/C14H18N4O/c15-13-11-5-1-2-6-12(11)16-14(17-13)19-10-9-18-7-3-4-8-18/h1-2,5-6H,3-4,7-10H2,(H2,15,16,17). The third-order valence-electron chi connectivity index (χ3n) is 3.45. The molecule has 1 aliphatic rings. The van der Waals surface area contributed by atoms with Crippen LogP contribution >= 0.6 is 0 Å². The van der Waals surface area contributed by atoms with E-state index in [1.165, 1.54) is 25.9 Å². The second-order valence-electron chi connectivity index (χ2n) is 4.81. The van der Waals surface area contributed by atoms with Gasteiger partial charge in [0.25, 0.3) is 0 Å². The first-order valence-corrected chi connectivity index (χ1v) is 6.70. The van der Waals surface area contributed by atoms with Gasteiger partial charge in [0.15, 0.2) is 0 Å². The van der Waals surface area contributed by atoms with Crippen LogP contribution in [0.15, 0.2) is 24.3 Å². The Kier molecular flexibility index (Phi) is 3.46. The number of hydrogen-bond donors (Lipinski definition) is 1. The topological polar surface area (TPSA) is 64.3 Å². The summed E-state index contributed by atoms with van der Waals surface area (Å²) in [5.74, 6) is 0.474. The minimum absolute atomic E-state index is 0.371. The fraction of sp³-hybridized carbons (Fsp3) is 0.429. The number of fused-ring (bicyclic) bond motifs is 1. The van der Waals surface area contributed by atoms with Gasteiger partial charge in [-0.2, -0.15) is 9.97 Å². The summed E-state index contributed by atoms with van der Waals surface area (Å²) in [6.07, 6.45) is 2.58. The van der Waals surface area contributed by atoms with Crippen LogP contribution in [0.1, 0.15) is 12.8 Å². The number of benzene rings is 1. The van der Waals surface area contributed by atoms with Crippen molar-refractivity contribution in [2.24, 2.45) is 0 Å². The third-order valence-corrected chi connectivity index (χ3v) is 3.45. The molecular formula is C14H18N4O. The van der Waals surface area contributed by atoms with Crippen LogP contribution in [0.2, 0.25) is 0 Å². The second-order valence-corrected chi connectivity index (χ2v) is 4.81. The molecule has 5 heteroatoms. The summed E-state index contributed by atoms with van der Waals surface area (Å²) in [5.41, 5.74) is 6.73. The van der Waals surface area contributed by atoms with Crippen molar-refractivity contribution in [1.82, 2.24) is 14.9 Å². The molecule has 0 aliphatic carbocycles. The van der Waals surface area contributed by atoms with Gasteiger partial charge in [-0.1, -0.05) is 12.1 Å². The lowest BCUT2D eigenvalue weighted by Crippen LogP contribution is -2.25. The quantitative estimate of drug-likeness (QED) is 0.904. The molecule has 0 spiro atoms. The van der Waals surface area contributed by atoms with Crippen molar-refractivity contribution in [2.75, 3.05) is 32.0 Å². The molecule has 0 unspecified atom stereocenters. The minimum atomic E-state index is 0.371. The monoisotopic (exact) mass is 258 g/mol. The first-order chi connectivity index (χ1) is 9.33. The average Bonchev–Trinajstić information content (AvgIpc) is 2.92. The van der Waals surface area contributed by atoms with Crippen LogP contribution in [-0.4, -0.2) is 41.1 Å². The predicted molar refractivity (Wildman–Crippen MR) is 75.1 cm³/mol. The molecule has 3 rings (SSSR count). The predicted octanol–water partition coefficient (Wildman–Crippen LogP) is 1.69. The van der Waals surface area contributed by atoms with E-state index in [4.69, 9.17) is 10.5 Å². The lowest BCUT2D eigenvalue weighted by atomic mass is 10.2. The molecule has 2 heterocycles. The van der Waals surface area contributed by atoms with Crippen LogP contribution in [0.25, 0.3) is 10.9 Å². The van der Waals surface area contributed by atoms with E-state index in [2.05, 4.69) is 14.9 Å². The molecule has 0 radical (unpaired) electrons. The highest BCUT2D eigenvalue weighted by Crippen LogP contribution is 2.19. The largest absolute Gasteiger partial charge is 0.462 e. The fourth-order valence-corrected chi connectivity index (χ4v) is 2.42. The van der Waals surface area contributed by atoms with E-state index in [1.54, 1.807) is 0 Å². The van der Waals surface area contributed by atoms with Crippen LogP contribution in [0.4, 0.5) is 5.82 Å². The van der Waals surface area contributed by atoms with Gasteiger partial charge in [-0.25, -0.2) is 0 Å². The number of aromatic nitrogens is 2. The molecule has 19 heavy (non-hydrogen) atoms. The molecular weight excluding hydrogens is 240 g/mol. The summed E-state index contributed by atoms with van der Waals surface area (Å²) in [7, 11) is 0. The van der Waals surface area contributed by atoms with Crippen LogP contribution in [0.5, 0.6) is 6.01 Å². The minimum Gasteiger partial charge on any atom is -0.462 e. The van der Waals surface area contributed by atoms with Gasteiger partial charge in [0.05, 0.1) is 5.52 Å². The Balaban J connectivity index is 1.67. The zero-order chi connectivity index (χ0) is 13.1. The molecule has 0 bridgehead atoms. The van der Waals surface area contributed by atoms with Crippen LogP contribution in [0, 0.1) is 0 Å². The summed E-state index contributed by atoms with van der Waals surface area (Å²) in [4.78, 5) is 11.0. The van der Waals surface area contributed by atoms with Crippen molar-refractivity contribution in [3.63, 3.8) is 0 Å². The first kappa shape index (κ1) is 12.2. The SMILES string of the molecule is Nc1nc(OCCN2CCCC2)nc2ccccc12. The van der Waals surface area contributed by atoms with Gasteiger partial charge in [-0.15, -0.1) is 0 Å². The van der Waals surface area contributed by atoms with E-state index < -0.39 is 0 Å². The summed E-state index contributed by atoms with van der Waals surface area (Å²) in [5, 5.41) is 0.870. The maximum atomic E-state index is 5.91. The van der Waals surface area contributed by atoms with Crippen LogP contribution in [-0.2, 0) is 0 Å². The van der Waals surface area contributed by atoms with E-state index in [0.29, 0.717) is 18.4 Å². The van der Waals surface area contributed by atoms with Crippen molar-refractivity contribution < 1.29 is 4.74 Å². The molecule has 2 aromatic rings. The Morgan fingerprint density at radius 3 is 2.79 bits per heavy atom. The van der Waals surface area contributed by atoms with Gasteiger partial charge in [-0.05, 0) is 38.1 Å². The molecule has 1 fully saturated rings. The summed E-state index contributed by atoms with van der Waals surface area (Å²) < 4.78 is 5.61. The average molecular weight is 258 g/mol. The Morgan fingerprint density at radius 1 is 1.16 bits per heavy atom. The van der Waals surface area contributed by atoms with Gasteiger partial charge in [-0.3, -0.25) is 4.90 Å². The number of nitrogen functional groups attached to an aromatic ring is 1. The number of anilines is 1. The van der Waals surface area contributed by atoms with Crippen molar-refractivity contribution in [1.29, 1.82) is 0 Å². The van der Waals surface area contributed by atoms with Gasteiger partial charge >= 0.3 is 6.01 Å². The number of rotatable bonds is 4. The molecule has 1 aromatic carbocycles. The van der Waals surface area contributed by atoms with Gasteiger partial charge in [0.1, 0.15) is 12.4 Å². The van der Waals surface area contributed by atoms with Crippen molar-refractivity contribution in [3.8, 4) is 6.01 Å². The smallest absolute Gasteiger partial charge is 0.318 e. The highest BCUT2D eigenvalue weighted by molar-refractivity contribution is 5.87. The fourth-order valence-electron chi connectivity index (χ4n) is 2.42. The summed E-state index contributed by atoms with van der Waals surface area (Å²) >= 11 is 0. The van der Waals surface area contributed by atoms with Gasteiger partial charge in [0.2, 0.25) is 0 Å². The van der Waals surface area contributed by atoms with E-state index in [1.807, 2.05) is 24.3 Å². The number of ether oxygens (including phenoxy) is 1. The first-order valence-electron chi connectivity index (χ1n) is 6.70. The molecule has 0 atom stereocenters. The van der Waals surface area contributed by atoms with Crippen molar-refractivity contribution in [2.45, 2.75) is 12.8 Å². The van der Waals surface area contributed by atoms with Crippen LogP contribution < -0.4 is 10.5 Å². The summed E-state index contributed by atoms with van der Waals surface area (Å²) in [6, 6.07) is 8.06. The zero-order valence-electron chi connectivity index (χ0n) is 10.9. The van der Waals surface area contributed by atoms with E-state index in [0.717, 1.165) is 17.4 Å². The van der Waals surface area contributed by atoms with Crippen LogP contribution in [0.3, 0.4) is 0 Å². The Morgan fingerprint density at radius 2 is 1.95 bits per heavy atom. The third kappa shape index (κ3) is 2.76. The van der Waals surface area contributed by atoms with E-state index >= 15 is 0 Å². The molecule has 1 saturated heterocycles. The molecule has 2 N–H and O–H groups in total. The number of nitrogens with zero attached hydrogens (tertiary/aromatic N) is 3. The second kappa shape index (κ2) is 5.40. The molecule has 100 valence electrons. The van der Waals surface area contributed by atoms with E-state index in [9.17, 15) is 0 Å². The van der Waals surface area contributed by atoms with Gasteiger partial charge < -0.3 is 10.5 Å². The number of likely N-dealkylation sites (tertiary alicyclic amines) is 1. The molecule has 5 nitrogen and oxygen atoms in total. The van der Waals surface area contributed by atoms with Crippen molar-refractivity contribution in [3.05, 3.63) is 24.3 Å². The molecule has 1 aliphatic heterocycles. The van der Waals surface area contributed by atoms with E-state index in [-0.39, 0.29) is 0 Å². The van der Waals surface area contributed by atoms with Gasteiger partial charge in [0, 0.05) is 11.9 Å². The zero-order valence-corrected chi connectivity index (χ0v) is 10.9. The normalized spacial score (nSPS) is 16.0. The number of nitrogens with two attached hydrogens (primary N) is 1. The number of hydrogen-bond acceptors (Lipinski definition) is 5.